The number of nitrogens with zero attached hydrogens (tertiary/aromatic N) is 2. The fourth-order valence-electron chi connectivity index (χ4n) is 3.35. The summed E-state index contributed by atoms with van der Waals surface area (Å²) in [5.41, 5.74) is 2.62. The van der Waals surface area contributed by atoms with Crippen LogP contribution in [-0.2, 0) is 14.3 Å². The van der Waals surface area contributed by atoms with Gasteiger partial charge in [0, 0.05) is 24.5 Å². The summed E-state index contributed by atoms with van der Waals surface area (Å²) in [4.78, 5) is 40.1. The number of hydrogen-bond donors (Lipinski definition) is 2. The minimum atomic E-state index is -0.612. The number of rotatable bonds is 5. The molecule has 154 valence electrons. The molecule has 0 saturated carbocycles. The lowest BCUT2D eigenvalue weighted by Crippen LogP contribution is -2.38. The van der Waals surface area contributed by atoms with Crippen molar-refractivity contribution in [2.24, 2.45) is 0 Å². The molecule has 2 aliphatic heterocycles. The van der Waals surface area contributed by atoms with Gasteiger partial charge < -0.3 is 20.3 Å². The van der Waals surface area contributed by atoms with E-state index in [1.807, 2.05) is 30.3 Å². The van der Waals surface area contributed by atoms with E-state index in [1.54, 1.807) is 30.3 Å². The van der Waals surface area contributed by atoms with Gasteiger partial charge in [0.05, 0.1) is 13.2 Å². The Morgan fingerprint density at radius 3 is 2.43 bits per heavy atom. The van der Waals surface area contributed by atoms with E-state index < -0.39 is 17.8 Å². The maximum atomic E-state index is 12.6. The van der Waals surface area contributed by atoms with Crippen LogP contribution < -0.4 is 15.5 Å². The van der Waals surface area contributed by atoms with E-state index in [9.17, 15) is 14.4 Å². The molecule has 2 aromatic carbocycles. The predicted octanol–water partition coefficient (Wildman–Crippen LogP) is 2.05. The molecule has 30 heavy (non-hydrogen) atoms. The number of urea groups is 1. The van der Waals surface area contributed by atoms with Crippen molar-refractivity contribution in [3.8, 4) is 0 Å². The molecule has 0 unspecified atom stereocenters. The van der Waals surface area contributed by atoms with Crippen molar-refractivity contribution >= 4 is 35.3 Å². The molecule has 2 aliphatic rings. The van der Waals surface area contributed by atoms with Crippen LogP contribution in [0.15, 0.2) is 60.3 Å². The minimum Gasteiger partial charge on any atom is -0.378 e. The third-order valence-electron chi connectivity index (χ3n) is 4.90. The molecule has 0 bridgehead atoms. The highest BCUT2D eigenvalue weighted by molar-refractivity contribution is 6.15. The molecule has 2 heterocycles. The first-order valence-corrected chi connectivity index (χ1v) is 9.72. The Kier molecular flexibility index (Phi) is 5.76. The maximum Gasteiger partial charge on any atom is 0.329 e. The smallest absolute Gasteiger partial charge is 0.329 e. The largest absolute Gasteiger partial charge is 0.378 e. The fraction of sp³-hybridized carbons (Fsp3) is 0.227. The topological polar surface area (TPSA) is 91.0 Å². The van der Waals surface area contributed by atoms with Crippen LogP contribution in [0.4, 0.5) is 16.2 Å². The molecule has 8 nitrogen and oxygen atoms in total. The van der Waals surface area contributed by atoms with Crippen LogP contribution in [0.25, 0.3) is 6.08 Å². The average molecular weight is 406 g/mol. The normalized spacial score (nSPS) is 17.9. The lowest BCUT2D eigenvalue weighted by Gasteiger charge is -2.28. The monoisotopic (exact) mass is 406 g/mol. The van der Waals surface area contributed by atoms with Gasteiger partial charge in [0.15, 0.2) is 0 Å². The number of imide groups is 1. The van der Waals surface area contributed by atoms with Gasteiger partial charge in [-0.05, 0) is 35.9 Å². The van der Waals surface area contributed by atoms with Crippen molar-refractivity contribution in [1.82, 2.24) is 10.2 Å². The molecule has 8 heteroatoms. The lowest BCUT2D eigenvalue weighted by atomic mass is 10.1. The second-order valence-corrected chi connectivity index (χ2v) is 6.98. The first-order valence-electron chi connectivity index (χ1n) is 9.72. The van der Waals surface area contributed by atoms with Crippen LogP contribution >= 0.6 is 0 Å². The average Bonchev–Trinajstić information content (AvgIpc) is 3.03. The number of carbonyl (C=O) groups excluding carboxylic acids is 3. The summed E-state index contributed by atoms with van der Waals surface area (Å²) in [5, 5.41) is 5.21. The Labute approximate surface area is 174 Å². The summed E-state index contributed by atoms with van der Waals surface area (Å²) in [6.07, 6.45) is 1.61. The maximum absolute atomic E-state index is 12.6. The van der Waals surface area contributed by atoms with E-state index in [4.69, 9.17) is 4.74 Å². The summed E-state index contributed by atoms with van der Waals surface area (Å²) in [6, 6.07) is 16.0. The van der Waals surface area contributed by atoms with Crippen molar-refractivity contribution in [3.63, 3.8) is 0 Å². The number of para-hydroxylation sites is 1. The zero-order valence-electron chi connectivity index (χ0n) is 16.3. The van der Waals surface area contributed by atoms with E-state index >= 15 is 0 Å². The lowest BCUT2D eigenvalue weighted by molar-refractivity contribution is -0.127. The van der Waals surface area contributed by atoms with Crippen molar-refractivity contribution in [2.75, 3.05) is 43.1 Å². The van der Waals surface area contributed by atoms with Crippen LogP contribution in [-0.4, -0.2) is 55.6 Å². The van der Waals surface area contributed by atoms with Crippen molar-refractivity contribution < 1.29 is 19.1 Å². The zero-order valence-corrected chi connectivity index (χ0v) is 16.3. The quantitative estimate of drug-likeness (QED) is 0.586. The Hall–Kier alpha value is -3.65. The van der Waals surface area contributed by atoms with Gasteiger partial charge in [-0.3, -0.25) is 9.59 Å². The molecular weight excluding hydrogens is 384 g/mol. The fourth-order valence-corrected chi connectivity index (χ4v) is 3.35. The van der Waals surface area contributed by atoms with Gasteiger partial charge in [-0.25, -0.2) is 9.69 Å². The van der Waals surface area contributed by atoms with E-state index in [-0.39, 0.29) is 12.2 Å². The number of ether oxygens (including phenoxy) is 1. The molecule has 0 radical (unpaired) electrons. The molecule has 0 spiro atoms. The summed E-state index contributed by atoms with van der Waals surface area (Å²) in [7, 11) is 0. The predicted molar refractivity (Wildman–Crippen MR) is 113 cm³/mol. The number of hydrogen-bond acceptors (Lipinski definition) is 5. The van der Waals surface area contributed by atoms with Gasteiger partial charge in [0.2, 0.25) is 5.91 Å². The minimum absolute atomic E-state index is 0.145. The molecule has 2 fully saturated rings. The summed E-state index contributed by atoms with van der Waals surface area (Å²) in [6.45, 7) is 2.75. The molecule has 0 aliphatic carbocycles. The second kappa shape index (κ2) is 8.79. The number of carbonyl (C=O) groups is 3. The third-order valence-corrected chi connectivity index (χ3v) is 4.90. The van der Waals surface area contributed by atoms with Crippen LogP contribution in [0, 0.1) is 0 Å². The SMILES string of the molecule is O=C(CN1C(=O)N/C(=C\c2ccc(N3CCOCC3)cc2)C1=O)Nc1ccccc1. The highest BCUT2D eigenvalue weighted by Gasteiger charge is 2.34. The van der Waals surface area contributed by atoms with Gasteiger partial charge in [0.1, 0.15) is 12.2 Å². The molecule has 4 rings (SSSR count). The molecule has 2 aromatic rings. The Morgan fingerprint density at radius 2 is 1.73 bits per heavy atom. The highest BCUT2D eigenvalue weighted by atomic mass is 16.5. The Morgan fingerprint density at radius 1 is 1.03 bits per heavy atom. The van der Waals surface area contributed by atoms with E-state index in [0.29, 0.717) is 18.9 Å². The van der Waals surface area contributed by atoms with Gasteiger partial charge in [0.25, 0.3) is 5.91 Å². The number of benzene rings is 2. The van der Waals surface area contributed by atoms with Crippen molar-refractivity contribution in [1.29, 1.82) is 0 Å². The first-order chi connectivity index (χ1) is 14.6. The third kappa shape index (κ3) is 4.49. The van der Waals surface area contributed by atoms with Crippen LogP contribution in [0.5, 0.6) is 0 Å². The van der Waals surface area contributed by atoms with Crippen molar-refractivity contribution in [3.05, 3.63) is 65.9 Å². The first kappa shape index (κ1) is 19.7. The number of amides is 4. The highest BCUT2D eigenvalue weighted by Crippen LogP contribution is 2.19. The standard InChI is InChI=1S/C22H22N4O4/c27-20(23-17-4-2-1-3-5-17)15-26-21(28)19(24-22(26)29)14-16-6-8-18(9-7-16)25-10-12-30-13-11-25/h1-9,14H,10-13,15H2,(H,23,27)(H,24,29)/b19-14-. The van der Waals surface area contributed by atoms with Gasteiger partial charge in [-0.2, -0.15) is 0 Å². The summed E-state index contributed by atoms with van der Waals surface area (Å²) >= 11 is 0. The second-order valence-electron chi connectivity index (χ2n) is 6.98. The molecule has 2 N–H and O–H groups in total. The Balaban J connectivity index is 1.40. The molecular formula is C22H22N4O4. The summed E-state index contributed by atoms with van der Waals surface area (Å²) < 4.78 is 5.36. The number of anilines is 2. The van der Waals surface area contributed by atoms with Crippen LogP contribution in [0.1, 0.15) is 5.56 Å². The number of nitrogens with one attached hydrogen (secondary N) is 2. The van der Waals surface area contributed by atoms with Crippen LogP contribution in [0.2, 0.25) is 0 Å². The molecule has 4 amide bonds. The van der Waals surface area contributed by atoms with E-state index in [1.165, 1.54) is 0 Å². The van der Waals surface area contributed by atoms with Crippen molar-refractivity contribution in [2.45, 2.75) is 0 Å². The van der Waals surface area contributed by atoms with Crippen LogP contribution in [0.3, 0.4) is 0 Å². The van der Waals surface area contributed by atoms with Gasteiger partial charge in [-0.15, -0.1) is 0 Å². The number of morpholine rings is 1. The Bertz CT molecular complexity index is 966. The van der Waals surface area contributed by atoms with E-state index in [2.05, 4.69) is 15.5 Å². The van der Waals surface area contributed by atoms with Gasteiger partial charge in [-0.1, -0.05) is 30.3 Å². The van der Waals surface area contributed by atoms with Gasteiger partial charge >= 0.3 is 6.03 Å². The van der Waals surface area contributed by atoms with E-state index in [0.717, 1.165) is 29.2 Å². The zero-order chi connectivity index (χ0) is 20.9. The molecule has 0 atom stereocenters. The summed E-state index contributed by atoms with van der Waals surface area (Å²) in [5.74, 6) is -0.971. The molecule has 2 saturated heterocycles. The molecule has 0 aromatic heterocycles.